The minimum atomic E-state index is -3.73. The lowest BCUT2D eigenvalue weighted by Crippen LogP contribution is -2.27. The topological polar surface area (TPSA) is 108 Å². The van der Waals surface area contributed by atoms with Crippen LogP contribution in [-0.4, -0.2) is 44.9 Å². The summed E-state index contributed by atoms with van der Waals surface area (Å²) in [6.07, 6.45) is 4.65. The van der Waals surface area contributed by atoms with Crippen LogP contribution in [0.25, 0.3) is 6.08 Å². The van der Waals surface area contributed by atoms with Crippen LogP contribution in [0.5, 0.6) is 23.0 Å². The van der Waals surface area contributed by atoms with Gasteiger partial charge in [0.05, 0.1) is 31.1 Å². The Morgan fingerprint density at radius 1 is 1.19 bits per heavy atom. The van der Waals surface area contributed by atoms with E-state index >= 15 is 0 Å². The Bertz CT molecular complexity index is 1130. The summed E-state index contributed by atoms with van der Waals surface area (Å²) in [6.45, 7) is 3.13. The molecule has 9 heteroatoms. The highest BCUT2D eigenvalue weighted by molar-refractivity contribution is 7.86. The van der Waals surface area contributed by atoms with Crippen LogP contribution in [0, 0.1) is 0 Å². The van der Waals surface area contributed by atoms with E-state index in [0.29, 0.717) is 28.2 Å². The second kappa shape index (κ2) is 8.60. The zero-order chi connectivity index (χ0) is 22.8. The molecule has 0 saturated heterocycles. The Labute approximate surface area is 181 Å². The van der Waals surface area contributed by atoms with Gasteiger partial charge in [-0.1, -0.05) is 0 Å². The zero-order valence-corrected chi connectivity index (χ0v) is 18.5. The maximum absolute atomic E-state index is 12.9. The molecule has 0 aliphatic carbocycles. The van der Waals surface area contributed by atoms with Crippen LogP contribution in [0.3, 0.4) is 0 Å². The van der Waals surface area contributed by atoms with E-state index in [1.165, 1.54) is 25.3 Å². The van der Waals surface area contributed by atoms with Gasteiger partial charge < -0.3 is 23.5 Å². The lowest BCUT2D eigenvalue weighted by molar-refractivity contribution is 0.0916. The molecular formula is C22H24O8S. The summed E-state index contributed by atoms with van der Waals surface area (Å²) in [7, 11) is -2.26. The SMILES string of the molecule is COc1c(C(=O)COc2cc(OS(C)(=O)=O)ccc2CO)ccc2c1C=CC(C)(C)O2. The molecule has 1 heterocycles. The molecule has 1 aliphatic heterocycles. The number of aliphatic hydroxyl groups is 1. The van der Waals surface area contributed by atoms with E-state index in [1.807, 2.05) is 26.0 Å². The quantitative estimate of drug-likeness (QED) is 0.485. The summed E-state index contributed by atoms with van der Waals surface area (Å²) in [4.78, 5) is 12.9. The number of hydrogen-bond donors (Lipinski definition) is 1. The Morgan fingerprint density at radius 3 is 2.58 bits per heavy atom. The smallest absolute Gasteiger partial charge is 0.306 e. The van der Waals surface area contributed by atoms with Gasteiger partial charge in [-0.2, -0.15) is 8.42 Å². The number of fused-ring (bicyclic) bond motifs is 1. The highest BCUT2D eigenvalue weighted by Crippen LogP contribution is 2.39. The number of Topliss-reactive ketones (excluding diaryl/α,β-unsaturated/α-hetero) is 1. The van der Waals surface area contributed by atoms with Gasteiger partial charge in [0.2, 0.25) is 5.78 Å². The molecule has 8 nitrogen and oxygen atoms in total. The molecule has 0 atom stereocenters. The third-order valence-corrected chi connectivity index (χ3v) is 5.00. The van der Waals surface area contributed by atoms with Gasteiger partial charge in [-0.25, -0.2) is 0 Å². The van der Waals surface area contributed by atoms with E-state index in [0.717, 1.165) is 6.26 Å². The fraction of sp³-hybridized carbons (Fsp3) is 0.318. The molecular weight excluding hydrogens is 424 g/mol. The third kappa shape index (κ3) is 5.36. The average Bonchev–Trinajstić information content (AvgIpc) is 2.69. The lowest BCUT2D eigenvalue weighted by atomic mass is 9.98. The van der Waals surface area contributed by atoms with Crippen molar-refractivity contribution < 1.29 is 36.7 Å². The van der Waals surface area contributed by atoms with Gasteiger partial charge in [0.15, 0.2) is 6.61 Å². The van der Waals surface area contributed by atoms with Crippen molar-refractivity contribution in [2.45, 2.75) is 26.1 Å². The van der Waals surface area contributed by atoms with Crippen LogP contribution in [0.15, 0.2) is 36.4 Å². The predicted molar refractivity (Wildman–Crippen MR) is 114 cm³/mol. The third-order valence-electron chi connectivity index (χ3n) is 4.50. The molecule has 1 aliphatic rings. The molecule has 2 aromatic carbocycles. The number of benzene rings is 2. The molecule has 31 heavy (non-hydrogen) atoms. The van der Waals surface area contributed by atoms with Crippen LogP contribution in [0.1, 0.15) is 35.3 Å². The van der Waals surface area contributed by atoms with Gasteiger partial charge >= 0.3 is 10.1 Å². The molecule has 3 rings (SSSR count). The van der Waals surface area contributed by atoms with Crippen molar-refractivity contribution in [1.82, 2.24) is 0 Å². The van der Waals surface area contributed by atoms with Crippen LogP contribution >= 0.6 is 0 Å². The number of ether oxygens (including phenoxy) is 3. The summed E-state index contributed by atoms with van der Waals surface area (Å²) < 4.78 is 44.5. The van der Waals surface area contributed by atoms with E-state index in [1.54, 1.807) is 12.1 Å². The van der Waals surface area contributed by atoms with Crippen LogP contribution in [0.4, 0.5) is 0 Å². The first-order valence-electron chi connectivity index (χ1n) is 9.41. The standard InChI is InChI=1S/C22H24O8S/c1-22(2)10-9-17-19(29-22)8-7-16(21(17)27-3)18(24)13-28-20-11-15(30-31(4,25)26)6-5-14(20)12-23/h5-11,23H,12-13H2,1-4H3. The maximum atomic E-state index is 12.9. The molecule has 166 valence electrons. The molecule has 0 spiro atoms. The number of carbonyl (C=O) groups is 1. The second-order valence-electron chi connectivity index (χ2n) is 7.52. The normalized spacial score (nSPS) is 14.4. The minimum Gasteiger partial charge on any atom is -0.495 e. The second-order valence-corrected chi connectivity index (χ2v) is 9.10. The van der Waals surface area contributed by atoms with Crippen molar-refractivity contribution in [2.75, 3.05) is 20.0 Å². The molecule has 0 amide bonds. The average molecular weight is 448 g/mol. The molecule has 0 bridgehead atoms. The highest BCUT2D eigenvalue weighted by atomic mass is 32.2. The van der Waals surface area contributed by atoms with Gasteiger partial charge in [0.1, 0.15) is 28.6 Å². The lowest BCUT2D eigenvalue weighted by Gasteiger charge is -2.29. The number of hydrogen-bond acceptors (Lipinski definition) is 8. The van der Waals surface area contributed by atoms with E-state index in [4.69, 9.17) is 18.4 Å². The molecule has 0 saturated carbocycles. The molecule has 0 aromatic heterocycles. The van der Waals surface area contributed by atoms with Crippen molar-refractivity contribution >= 4 is 22.0 Å². The summed E-state index contributed by atoms with van der Waals surface area (Å²) >= 11 is 0. The Kier molecular flexibility index (Phi) is 6.28. The summed E-state index contributed by atoms with van der Waals surface area (Å²) in [5, 5.41) is 9.52. The zero-order valence-electron chi connectivity index (χ0n) is 17.7. The number of carbonyl (C=O) groups excluding carboxylic acids is 1. The van der Waals surface area contributed by atoms with Gasteiger partial charge in [-0.3, -0.25) is 4.79 Å². The number of aliphatic hydroxyl groups excluding tert-OH is 1. The van der Waals surface area contributed by atoms with E-state index in [9.17, 15) is 18.3 Å². The van der Waals surface area contributed by atoms with Gasteiger partial charge in [0.25, 0.3) is 0 Å². The Hall–Kier alpha value is -3.04. The summed E-state index contributed by atoms with van der Waals surface area (Å²) in [5.74, 6) is 0.762. The first-order valence-corrected chi connectivity index (χ1v) is 11.2. The summed E-state index contributed by atoms with van der Waals surface area (Å²) in [6, 6.07) is 7.47. The largest absolute Gasteiger partial charge is 0.495 e. The van der Waals surface area contributed by atoms with Crippen molar-refractivity contribution in [2.24, 2.45) is 0 Å². The van der Waals surface area contributed by atoms with Crippen molar-refractivity contribution in [1.29, 1.82) is 0 Å². The van der Waals surface area contributed by atoms with Gasteiger partial charge in [0, 0.05) is 11.6 Å². The van der Waals surface area contributed by atoms with Crippen molar-refractivity contribution in [3.05, 3.63) is 53.1 Å². The fourth-order valence-electron chi connectivity index (χ4n) is 3.12. The van der Waals surface area contributed by atoms with Crippen LogP contribution in [-0.2, 0) is 16.7 Å². The molecule has 0 fully saturated rings. The van der Waals surface area contributed by atoms with E-state index in [2.05, 4.69) is 0 Å². The molecule has 0 radical (unpaired) electrons. The van der Waals surface area contributed by atoms with Gasteiger partial charge in [-0.15, -0.1) is 0 Å². The number of rotatable bonds is 8. The monoisotopic (exact) mass is 448 g/mol. The Balaban J connectivity index is 1.84. The first-order chi connectivity index (χ1) is 14.5. The number of ketones is 1. The minimum absolute atomic E-state index is 0.0124. The highest BCUT2D eigenvalue weighted by Gasteiger charge is 2.26. The van der Waals surface area contributed by atoms with Crippen molar-refractivity contribution in [3.63, 3.8) is 0 Å². The number of methoxy groups -OCH3 is 1. The molecule has 1 N–H and O–H groups in total. The Morgan fingerprint density at radius 2 is 1.94 bits per heavy atom. The predicted octanol–water partition coefficient (Wildman–Crippen LogP) is 2.97. The van der Waals surface area contributed by atoms with Crippen molar-refractivity contribution in [3.8, 4) is 23.0 Å². The maximum Gasteiger partial charge on any atom is 0.306 e. The molecule has 0 unspecified atom stereocenters. The van der Waals surface area contributed by atoms with Crippen LogP contribution in [0.2, 0.25) is 0 Å². The van der Waals surface area contributed by atoms with E-state index < -0.39 is 15.7 Å². The van der Waals surface area contributed by atoms with Gasteiger partial charge in [-0.05, 0) is 50.3 Å². The van der Waals surface area contributed by atoms with Crippen LogP contribution < -0.4 is 18.4 Å². The van der Waals surface area contributed by atoms with E-state index in [-0.39, 0.29) is 30.5 Å². The fourth-order valence-corrected chi connectivity index (χ4v) is 3.57. The summed E-state index contributed by atoms with van der Waals surface area (Å²) in [5.41, 5.74) is 0.882. The first kappa shape index (κ1) is 22.6. The molecule has 2 aromatic rings.